The van der Waals surface area contributed by atoms with Crippen molar-refractivity contribution in [2.45, 2.75) is 26.3 Å². The van der Waals surface area contributed by atoms with Crippen LogP contribution in [0.25, 0.3) is 0 Å². The molecule has 0 atom stereocenters. The molecular weight excluding hydrogens is 280 g/mol. The first-order chi connectivity index (χ1) is 10.7. The van der Waals surface area contributed by atoms with Gasteiger partial charge >= 0.3 is 0 Å². The maximum atomic E-state index is 11.0. The van der Waals surface area contributed by atoms with Crippen LogP contribution in [0, 0.1) is 5.92 Å². The highest BCUT2D eigenvalue weighted by molar-refractivity contribution is 5.88. The van der Waals surface area contributed by atoms with E-state index in [4.69, 9.17) is 0 Å². The number of anilines is 2. The van der Waals surface area contributed by atoms with Crippen molar-refractivity contribution >= 4 is 17.5 Å². The highest BCUT2D eigenvalue weighted by Gasteiger charge is 2.21. The lowest BCUT2D eigenvalue weighted by Crippen LogP contribution is -2.36. The van der Waals surface area contributed by atoms with Gasteiger partial charge in [0.2, 0.25) is 11.9 Å². The zero-order valence-electron chi connectivity index (χ0n) is 12.6. The highest BCUT2D eigenvalue weighted by atomic mass is 16.1. The fourth-order valence-corrected chi connectivity index (χ4v) is 2.77. The molecule has 0 spiro atoms. The van der Waals surface area contributed by atoms with Gasteiger partial charge in [0.1, 0.15) is 0 Å². The van der Waals surface area contributed by atoms with Crippen LogP contribution in [0.2, 0.25) is 0 Å². The second-order valence-corrected chi connectivity index (χ2v) is 5.61. The van der Waals surface area contributed by atoms with Crippen LogP contribution in [0.4, 0.5) is 11.6 Å². The van der Waals surface area contributed by atoms with E-state index in [1.54, 1.807) is 18.6 Å². The van der Waals surface area contributed by atoms with Crippen molar-refractivity contribution in [3.05, 3.63) is 30.9 Å². The van der Waals surface area contributed by atoms with Crippen LogP contribution in [-0.4, -0.2) is 38.7 Å². The molecule has 0 aliphatic carbocycles. The number of carbonyl (C=O) groups excluding carboxylic acids is 1. The Hall–Kier alpha value is -2.44. The lowest BCUT2D eigenvalue weighted by atomic mass is 9.97. The van der Waals surface area contributed by atoms with Gasteiger partial charge in [-0.25, -0.2) is 9.97 Å². The predicted octanol–water partition coefficient (Wildman–Crippen LogP) is 1.55. The molecule has 22 heavy (non-hydrogen) atoms. The summed E-state index contributed by atoms with van der Waals surface area (Å²) in [6.45, 7) is 4.31. The Bertz CT molecular complexity index is 618. The molecule has 3 rings (SSSR count). The third kappa shape index (κ3) is 3.60. The molecule has 3 heterocycles. The fraction of sp³-hybridized carbons (Fsp3) is 0.467. The van der Waals surface area contributed by atoms with Crippen molar-refractivity contribution in [1.82, 2.24) is 19.7 Å². The van der Waals surface area contributed by atoms with Crippen LogP contribution in [0.1, 0.15) is 19.8 Å². The molecule has 1 fully saturated rings. The summed E-state index contributed by atoms with van der Waals surface area (Å²) in [5.41, 5.74) is 0.752. The minimum Gasteiger partial charge on any atom is -0.341 e. The van der Waals surface area contributed by atoms with Gasteiger partial charge in [0.25, 0.3) is 0 Å². The summed E-state index contributed by atoms with van der Waals surface area (Å²) in [6, 6.07) is 1.83. The molecule has 7 nitrogen and oxygen atoms in total. The van der Waals surface area contributed by atoms with Crippen molar-refractivity contribution in [3.63, 3.8) is 0 Å². The SMILES string of the molecule is CC(=O)Nc1cnn(CC2CCN(c3ncccn3)CC2)c1. The Morgan fingerprint density at radius 3 is 2.73 bits per heavy atom. The standard InChI is InChI=1S/C15H20N6O/c1-12(22)19-14-9-18-21(11-14)10-13-3-7-20(8-4-13)15-16-5-2-6-17-15/h2,5-6,9,11,13H,3-4,7-8,10H2,1H3,(H,19,22). The Kier molecular flexibility index (Phi) is 4.32. The van der Waals surface area contributed by atoms with E-state index >= 15 is 0 Å². The number of amides is 1. The topological polar surface area (TPSA) is 75.9 Å². The average Bonchev–Trinajstić information content (AvgIpc) is 2.95. The molecule has 1 aliphatic heterocycles. The van der Waals surface area contributed by atoms with E-state index in [9.17, 15) is 4.79 Å². The van der Waals surface area contributed by atoms with E-state index in [1.807, 2.05) is 16.9 Å². The zero-order chi connectivity index (χ0) is 15.4. The van der Waals surface area contributed by atoms with Crippen LogP contribution in [0.5, 0.6) is 0 Å². The molecule has 1 saturated heterocycles. The number of nitrogens with one attached hydrogen (secondary N) is 1. The third-order valence-corrected chi connectivity index (χ3v) is 3.85. The molecule has 116 valence electrons. The number of hydrogen-bond acceptors (Lipinski definition) is 5. The molecular formula is C15H20N6O. The summed E-state index contributed by atoms with van der Waals surface area (Å²) in [6.07, 6.45) is 9.31. The Morgan fingerprint density at radius 2 is 2.05 bits per heavy atom. The molecule has 1 aliphatic rings. The quantitative estimate of drug-likeness (QED) is 0.927. The maximum Gasteiger partial charge on any atom is 0.225 e. The van der Waals surface area contributed by atoms with E-state index in [0.29, 0.717) is 5.92 Å². The molecule has 0 bridgehead atoms. The van der Waals surface area contributed by atoms with Gasteiger partial charge in [-0.05, 0) is 24.8 Å². The van der Waals surface area contributed by atoms with Crippen molar-refractivity contribution in [2.75, 3.05) is 23.3 Å². The number of nitrogens with zero attached hydrogens (tertiary/aromatic N) is 5. The number of rotatable bonds is 4. The highest BCUT2D eigenvalue weighted by Crippen LogP contribution is 2.22. The number of hydrogen-bond donors (Lipinski definition) is 1. The van der Waals surface area contributed by atoms with Crippen molar-refractivity contribution < 1.29 is 4.79 Å². The van der Waals surface area contributed by atoms with Crippen LogP contribution in [-0.2, 0) is 11.3 Å². The number of aromatic nitrogens is 4. The van der Waals surface area contributed by atoms with Crippen LogP contribution < -0.4 is 10.2 Å². The first-order valence-corrected chi connectivity index (χ1v) is 7.53. The second-order valence-electron chi connectivity index (χ2n) is 5.61. The summed E-state index contributed by atoms with van der Waals surface area (Å²) in [4.78, 5) is 21.8. The fourth-order valence-electron chi connectivity index (χ4n) is 2.77. The van der Waals surface area contributed by atoms with Crippen LogP contribution in [0.15, 0.2) is 30.9 Å². The molecule has 2 aromatic rings. The molecule has 2 aromatic heterocycles. The summed E-state index contributed by atoms with van der Waals surface area (Å²) in [5.74, 6) is 1.33. The van der Waals surface area contributed by atoms with Gasteiger partial charge in [0, 0.05) is 45.1 Å². The van der Waals surface area contributed by atoms with Gasteiger partial charge < -0.3 is 10.2 Å². The molecule has 7 heteroatoms. The number of piperidine rings is 1. The third-order valence-electron chi connectivity index (χ3n) is 3.85. The van der Waals surface area contributed by atoms with Gasteiger partial charge in [-0.2, -0.15) is 5.10 Å². The Labute approximate surface area is 129 Å². The molecule has 0 radical (unpaired) electrons. The molecule has 1 N–H and O–H groups in total. The Morgan fingerprint density at radius 1 is 1.32 bits per heavy atom. The van der Waals surface area contributed by atoms with E-state index in [1.165, 1.54) is 6.92 Å². The van der Waals surface area contributed by atoms with Crippen molar-refractivity contribution in [2.24, 2.45) is 5.92 Å². The molecule has 1 amide bonds. The van der Waals surface area contributed by atoms with E-state index in [0.717, 1.165) is 44.1 Å². The predicted molar refractivity (Wildman–Crippen MR) is 83.5 cm³/mol. The lowest BCUT2D eigenvalue weighted by molar-refractivity contribution is -0.114. The summed E-state index contributed by atoms with van der Waals surface area (Å²) in [5, 5.41) is 7.05. The van der Waals surface area contributed by atoms with Crippen LogP contribution in [0.3, 0.4) is 0 Å². The van der Waals surface area contributed by atoms with Crippen molar-refractivity contribution in [3.8, 4) is 0 Å². The number of carbonyl (C=O) groups is 1. The monoisotopic (exact) mass is 300 g/mol. The minimum absolute atomic E-state index is 0.0734. The summed E-state index contributed by atoms with van der Waals surface area (Å²) >= 11 is 0. The van der Waals surface area contributed by atoms with E-state index < -0.39 is 0 Å². The lowest BCUT2D eigenvalue weighted by Gasteiger charge is -2.31. The smallest absolute Gasteiger partial charge is 0.225 e. The van der Waals surface area contributed by atoms with Gasteiger partial charge in [0.15, 0.2) is 0 Å². The summed E-state index contributed by atoms with van der Waals surface area (Å²) < 4.78 is 1.91. The van der Waals surface area contributed by atoms with E-state index in [-0.39, 0.29) is 5.91 Å². The minimum atomic E-state index is -0.0734. The normalized spacial score (nSPS) is 15.8. The van der Waals surface area contributed by atoms with Gasteiger partial charge in [-0.15, -0.1) is 0 Å². The van der Waals surface area contributed by atoms with E-state index in [2.05, 4.69) is 25.3 Å². The zero-order valence-corrected chi connectivity index (χ0v) is 12.6. The molecule has 0 saturated carbocycles. The average molecular weight is 300 g/mol. The van der Waals surface area contributed by atoms with Crippen LogP contribution >= 0.6 is 0 Å². The summed E-state index contributed by atoms with van der Waals surface area (Å²) in [7, 11) is 0. The van der Waals surface area contributed by atoms with Gasteiger partial charge in [0.05, 0.1) is 11.9 Å². The maximum absolute atomic E-state index is 11.0. The first-order valence-electron chi connectivity index (χ1n) is 7.53. The second kappa shape index (κ2) is 6.55. The largest absolute Gasteiger partial charge is 0.341 e. The molecule has 0 unspecified atom stereocenters. The van der Waals surface area contributed by atoms with Crippen molar-refractivity contribution in [1.29, 1.82) is 0 Å². The van der Waals surface area contributed by atoms with Gasteiger partial charge in [-0.3, -0.25) is 9.48 Å². The Balaban J connectivity index is 1.51. The van der Waals surface area contributed by atoms with Gasteiger partial charge in [-0.1, -0.05) is 0 Å². The first kappa shape index (κ1) is 14.5. The molecule has 0 aromatic carbocycles.